The number of aryl methyl sites for hydroxylation is 1. The Labute approximate surface area is 91.7 Å². The molecule has 5 heteroatoms. The maximum atomic E-state index is 12.9. The predicted molar refractivity (Wildman–Crippen MR) is 55.1 cm³/mol. The molecule has 2 rings (SSSR count). The molecule has 1 aromatic heterocycles. The second-order valence-corrected chi connectivity index (χ2v) is 3.59. The Kier molecular flexibility index (Phi) is 2.70. The summed E-state index contributed by atoms with van der Waals surface area (Å²) < 4.78 is 17.8. The first kappa shape index (κ1) is 10.8. The van der Waals surface area contributed by atoms with Crippen LogP contribution in [0.3, 0.4) is 0 Å². The van der Waals surface area contributed by atoms with E-state index in [1.165, 1.54) is 19.1 Å². The summed E-state index contributed by atoms with van der Waals surface area (Å²) in [6.45, 7) is 3.30. The topological polar surface area (TPSA) is 59.2 Å². The van der Waals surface area contributed by atoms with Crippen LogP contribution >= 0.6 is 0 Å². The number of aliphatic hydroxyl groups excluding tert-OH is 1. The molecule has 1 N–H and O–H groups in total. The molecule has 1 atom stereocenters. The third-order valence-corrected chi connectivity index (χ3v) is 2.23. The summed E-state index contributed by atoms with van der Waals surface area (Å²) in [6, 6.07) is 4.32. The van der Waals surface area contributed by atoms with Gasteiger partial charge in [-0.2, -0.15) is 4.98 Å². The molecule has 0 aliphatic carbocycles. The molecule has 1 heterocycles. The maximum absolute atomic E-state index is 12.9. The molecule has 0 saturated carbocycles. The van der Waals surface area contributed by atoms with E-state index in [2.05, 4.69) is 10.1 Å². The molecular weight excluding hydrogens is 211 g/mol. The van der Waals surface area contributed by atoms with Crippen LogP contribution in [0, 0.1) is 12.7 Å². The highest BCUT2D eigenvalue weighted by Crippen LogP contribution is 2.22. The molecule has 0 saturated heterocycles. The van der Waals surface area contributed by atoms with Crippen molar-refractivity contribution < 1.29 is 14.0 Å². The van der Waals surface area contributed by atoms with Crippen molar-refractivity contribution in [1.82, 2.24) is 10.1 Å². The quantitative estimate of drug-likeness (QED) is 0.846. The van der Waals surface area contributed by atoms with Crippen LogP contribution < -0.4 is 0 Å². The van der Waals surface area contributed by atoms with Crippen LogP contribution in [0.5, 0.6) is 0 Å². The Balaban J connectivity index is 2.42. The lowest BCUT2D eigenvalue weighted by atomic mass is 10.1. The molecule has 0 bridgehead atoms. The molecule has 84 valence electrons. The van der Waals surface area contributed by atoms with E-state index >= 15 is 0 Å². The van der Waals surface area contributed by atoms with Gasteiger partial charge in [-0.15, -0.1) is 0 Å². The lowest BCUT2D eigenvalue weighted by molar-refractivity contribution is 0.152. The first-order valence-corrected chi connectivity index (χ1v) is 4.86. The predicted octanol–water partition coefficient (Wildman–Crippen LogP) is 2.24. The van der Waals surface area contributed by atoms with Crippen molar-refractivity contribution >= 4 is 0 Å². The van der Waals surface area contributed by atoms with Crippen LogP contribution in [0.4, 0.5) is 4.39 Å². The molecule has 2 aromatic rings. The number of aliphatic hydroxyl groups is 1. The van der Waals surface area contributed by atoms with E-state index in [9.17, 15) is 9.50 Å². The van der Waals surface area contributed by atoms with Gasteiger partial charge >= 0.3 is 0 Å². The Morgan fingerprint density at radius 1 is 1.44 bits per heavy atom. The van der Waals surface area contributed by atoms with Gasteiger partial charge in [-0.25, -0.2) is 4.39 Å². The highest BCUT2D eigenvalue weighted by molar-refractivity contribution is 5.59. The fraction of sp³-hybridized carbons (Fsp3) is 0.273. The van der Waals surface area contributed by atoms with Gasteiger partial charge in [0.05, 0.1) is 0 Å². The molecule has 0 aliphatic rings. The van der Waals surface area contributed by atoms with E-state index in [-0.39, 0.29) is 11.7 Å². The standard InChI is InChI=1S/C11H11FN2O2/c1-6-5-8(12)3-4-9(6)10-13-11(7(2)15)16-14-10/h3-5,7,15H,1-2H3/t7-/m0/s1. The van der Waals surface area contributed by atoms with E-state index in [4.69, 9.17) is 4.52 Å². The summed E-state index contributed by atoms with van der Waals surface area (Å²) in [5.74, 6) is 0.201. The summed E-state index contributed by atoms with van der Waals surface area (Å²) in [6.07, 6.45) is -0.804. The van der Waals surface area contributed by atoms with Crippen molar-refractivity contribution in [2.75, 3.05) is 0 Å². The van der Waals surface area contributed by atoms with Crippen molar-refractivity contribution in [3.63, 3.8) is 0 Å². The largest absolute Gasteiger partial charge is 0.384 e. The molecule has 0 fully saturated rings. The minimum absolute atomic E-state index is 0.152. The minimum Gasteiger partial charge on any atom is -0.384 e. The van der Waals surface area contributed by atoms with E-state index in [0.29, 0.717) is 11.4 Å². The smallest absolute Gasteiger partial charge is 0.255 e. The van der Waals surface area contributed by atoms with Gasteiger partial charge in [-0.1, -0.05) is 5.16 Å². The van der Waals surface area contributed by atoms with E-state index < -0.39 is 6.10 Å². The maximum Gasteiger partial charge on any atom is 0.255 e. The molecule has 0 amide bonds. The van der Waals surface area contributed by atoms with Gasteiger partial charge < -0.3 is 9.63 Å². The first-order chi connectivity index (χ1) is 7.58. The molecule has 0 spiro atoms. The van der Waals surface area contributed by atoms with Crippen LogP contribution in [0.2, 0.25) is 0 Å². The third kappa shape index (κ3) is 1.94. The average molecular weight is 222 g/mol. The van der Waals surface area contributed by atoms with E-state index in [0.717, 1.165) is 5.56 Å². The fourth-order valence-electron chi connectivity index (χ4n) is 1.39. The summed E-state index contributed by atoms with van der Waals surface area (Å²) in [5.41, 5.74) is 1.41. The van der Waals surface area contributed by atoms with Crippen molar-refractivity contribution in [2.45, 2.75) is 20.0 Å². The van der Waals surface area contributed by atoms with Crippen LogP contribution in [-0.2, 0) is 0 Å². The second-order valence-electron chi connectivity index (χ2n) is 3.59. The van der Waals surface area contributed by atoms with Crippen LogP contribution in [0.25, 0.3) is 11.4 Å². The SMILES string of the molecule is Cc1cc(F)ccc1-c1noc([C@H](C)O)n1. The third-order valence-electron chi connectivity index (χ3n) is 2.23. The summed E-state index contributed by atoms with van der Waals surface area (Å²) in [5, 5.41) is 13.0. The molecule has 16 heavy (non-hydrogen) atoms. The highest BCUT2D eigenvalue weighted by Gasteiger charge is 2.14. The lowest BCUT2D eigenvalue weighted by Gasteiger charge is -1.99. The number of hydrogen-bond acceptors (Lipinski definition) is 4. The molecule has 1 aromatic carbocycles. The highest BCUT2D eigenvalue weighted by atomic mass is 19.1. The number of aromatic nitrogens is 2. The normalized spacial score (nSPS) is 12.8. The van der Waals surface area contributed by atoms with Gasteiger partial charge in [-0.05, 0) is 37.6 Å². The van der Waals surface area contributed by atoms with Crippen molar-refractivity contribution in [3.8, 4) is 11.4 Å². The van der Waals surface area contributed by atoms with Gasteiger partial charge in [0, 0.05) is 5.56 Å². The molecular formula is C11H11FN2O2. The van der Waals surface area contributed by atoms with E-state index in [1.54, 1.807) is 13.0 Å². The average Bonchev–Trinajstić information content (AvgIpc) is 2.66. The monoisotopic (exact) mass is 222 g/mol. The van der Waals surface area contributed by atoms with Crippen molar-refractivity contribution in [3.05, 3.63) is 35.5 Å². The Bertz CT molecular complexity index is 508. The summed E-state index contributed by atoms with van der Waals surface area (Å²) in [4.78, 5) is 4.02. The van der Waals surface area contributed by atoms with Crippen molar-refractivity contribution in [1.29, 1.82) is 0 Å². The zero-order valence-electron chi connectivity index (χ0n) is 8.94. The number of nitrogens with zero attached hydrogens (tertiary/aromatic N) is 2. The molecule has 0 unspecified atom stereocenters. The number of halogens is 1. The summed E-state index contributed by atoms with van der Waals surface area (Å²) >= 11 is 0. The number of benzene rings is 1. The molecule has 0 aliphatic heterocycles. The second kappa shape index (κ2) is 4.02. The van der Waals surface area contributed by atoms with Crippen molar-refractivity contribution in [2.24, 2.45) is 0 Å². The van der Waals surface area contributed by atoms with Gasteiger partial charge in [0.1, 0.15) is 11.9 Å². The van der Waals surface area contributed by atoms with Gasteiger partial charge in [0.2, 0.25) is 5.82 Å². The van der Waals surface area contributed by atoms with Gasteiger partial charge in [0.15, 0.2) is 0 Å². The Morgan fingerprint density at radius 2 is 2.19 bits per heavy atom. The summed E-state index contributed by atoms with van der Waals surface area (Å²) in [7, 11) is 0. The number of hydrogen-bond donors (Lipinski definition) is 1. The molecule has 0 radical (unpaired) electrons. The van der Waals surface area contributed by atoms with Crippen LogP contribution in [-0.4, -0.2) is 15.2 Å². The zero-order chi connectivity index (χ0) is 11.7. The van der Waals surface area contributed by atoms with Crippen LogP contribution in [0.15, 0.2) is 22.7 Å². The lowest BCUT2D eigenvalue weighted by Crippen LogP contribution is -1.91. The van der Waals surface area contributed by atoms with E-state index in [1.807, 2.05) is 0 Å². The fourth-order valence-corrected chi connectivity index (χ4v) is 1.39. The first-order valence-electron chi connectivity index (χ1n) is 4.86. The Hall–Kier alpha value is -1.75. The number of rotatable bonds is 2. The van der Waals surface area contributed by atoms with Crippen LogP contribution in [0.1, 0.15) is 24.5 Å². The molecule has 4 nitrogen and oxygen atoms in total. The minimum atomic E-state index is -0.804. The van der Waals surface area contributed by atoms with Gasteiger partial charge in [-0.3, -0.25) is 0 Å². The van der Waals surface area contributed by atoms with Gasteiger partial charge in [0.25, 0.3) is 5.89 Å². The zero-order valence-corrected chi connectivity index (χ0v) is 8.94. The Morgan fingerprint density at radius 3 is 2.75 bits per heavy atom.